The molecule has 2 aliphatic rings. The van der Waals surface area contributed by atoms with Crippen molar-refractivity contribution >= 4 is 5.97 Å². The fraction of sp³-hybridized carbons (Fsp3) is 0.727. The van der Waals surface area contributed by atoms with Crippen LogP contribution in [0.3, 0.4) is 0 Å². The molecule has 0 aromatic carbocycles. The topological polar surface area (TPSA) is 37.3 Å². The first-order chi connectivity index (χ1) is 7.08. The molecule has 0 spiro atoms. The highest BCUT2D eigenvalue weighted by Crippen LogP contribution is 2.48. The second-order valence-electron chi connectivity index (χ2n) is 4.54. The van der Waals surface area contributed by atoms with Gasteiger partial charge in [-0.05, 0) is 30.6 Å². The van der Waals surface area contributed by atoms with Crippen molar-refractivity contribution in [1.29, 1.82) is 0 Å². The summed E-state index contributed by atoms with van der Waals surface area (Å²) >= 11 is 0. The second-order valence-corrected chi connectivity index (χ2v) is 4.54. The average molecular weight is 216 g/mol. The van der Waals surface area contributed by atoms with Gasteiger partial charge in [-0.1, -0.05) is 12.2 Å². The number of alkyl halides is 2. The van der Waals surface area contributed by atoms with Crippen LogP contribution in [0, 0.1) is 23.7 Å². The van der Waals surface area contributed by atoms with E-state index in [0.717, 1.165) is 12.8 Å². The van der Waals surface area contributed by atoms with E-state index in [4.69, 9.17) is 5.11 Å². The third-order valence-corrected chi connectivity index (χ3v) is 3.61. The summed E-state index contributed by atoms with van der Waals surface area (Å²) in [6.07, 6.45) is 2.82. The van der Waals surface area contributed by atoms with E-state index in [-0.39, 0.29) is 11.8 Å². The van der Waals surface area contributed by atoms with Gasteiger partial charge in [0.2, 0.25) is 6.43 Å². The van der Waals surface area contributed by atoms with Crippen LogP contribution < -0.4 is 0 Å². The van der Waals surface area contributed by atoms with Crippen molar-refractivity contribution in [3.63, 3.8) is 0 Å². The van der Waals surface area contributed by atoms with Crippen LogP contribution >= 0.6 is 0 Å². The van der Waals surface area contributed by atoms with Crippen molar-refractivity contribution in [2.75, 3.05) is 0 Å². The van der Waals surface area contributed by atoms with Crippen LogP contribution in [-0.2, 0) is 4.79 Å². The van der Waals surface area contributed by atoms with E-state index in [1.807, 2.05) is 6.08 Å². The molecule has 2 nitrogen and oxygen atoms in total. The largest absolute Gasteiger partial charge is 0.481 e. The van der Waals surface area contributed by atoms with Crippen molar-refractivity contribution in [3.05, 3.63) is 12.2 Å². The van der Waals surface area contributed by atoms with E-state index in [1.54, 1.807) is 0 Å². The van der Waals surface area contributed by atoms with Crippen LogP contribution in [0.1, 0.15) is 19.3 Å². The molecule has 4 unspecified atom stereocenters. The zero-order valence-corrected chi connectivity index (χ0v) is 8.27. The highest BCUT2D eigenvalue weighted by Gasteiger charge is 2.43. The fourth-order valence-electron chi connectivity index (χ4n) is 2.94. The van der Waals surface area contributed by atoms with Gasteiger partial charge in [0.1, 0.15) is 0 Å². The van der Waals surface area contributed by atoms with Crippen LogP contribution in [0.4, 0.5) is 8.78 Å². The molecule has 1 saturated carbocycles. The van der Waals surface area contributed by atoms with E-state index in [1.165, 1.54) is 0 Å². The lowest BCUT2D eigenvalue weighted by molar-refractivity contribution is -0.140. The average Bonchev–Trinajstić information content (AvgIpc) is 2.73. The molecule has 0 heterocycles. The summed E-state index contributed by atoms with van der Waals surface area (Å²) in [6.45, 7) is 0. The standard InChI is InChI=1S/C11H14F2O2/c12-11(13)9(5-10(14)15)8-4-6-1-2-7(8)3-6/h1-2,6-9,11H,3-5H2,(H,14,15). The van der Waals surface area contributed by atoms with Crippen LogP contribution in [0.15, 0.2) is 12.2 Å². The second kappa shape index (κ2) is 3.91. The minimum atomic E-state index is -2.51. The van der Waals surface area contributed by atoms with Gasteiger partial charge < -0.3 is 5.11 Å². The van der Waals surface area contributed by atoms with Gasteiger partial charge in [-0.3, -0.25) is 4.79 Å². The SMILES string of the molecule is O=C(O)CC(C(F)F)C1CC2C=CC1C2. The Morgan fingerprint density at radius 3 is 2.53 bits per heavy atom. The lowest BCUT2D eigenvalue weighted by atomic mass is 9.80. The summed E-state index contributed by atoms with van der Waals surface area (Å²) in [5.41, 5.74) is 0. The molecule has 0 saturated heterocycles. The molecule has 0 radical (unpaired) electrons. The number of carbonyl (C=O) groups is 1. The zero-order valence-electron chi connectivity index (χ0n) is 8.27. The first-order valence-electron chi connectivity index (χ1n) is 5.26. The number of hydrogen-bond acceptors (Lipinski definition) is 1. The van der Waals surface area contributed by atoms with Crippen LogP contribution in [0.5, 0.6) is 0 Å². The molecule has 4 heteroatoms. The third-order valence-electron chi connectivity index (χ3n) is 3.61. The molecule has 84 valence electrons. The Labute approximate surface area is 87.0 Å². The minimum absolute atomic E-state index is 0.129. The summed E-state index contributed by atoms with van der Waals surface area (Å²) in [5, 5.41) is 8.61. The number of rotatable bonds is 4. The number of carboxylic acid groups (broad SMARTS) is 1. The molecule has 0 aliphatic heterocycles. The predicted octanol–water partition coefficient (Wildman–Crippen LogP) is 2.55. The van der Waals surface area contributed by atoms with Gasteiger partial charge in [0, 0.05) is 5.92 Å². The molecular weight excluding hydrogens is 202 g/mol. The number of aliphatic carboxylic acids is 1. The fourth-order valence-corrected chi connectivity index (χ4v) is 2.94. The molecule has 1 fully saturated rings. The van der Waals surface area contributed by atoms with Crippen LogP contribution in [-0.4, -0.2) is 17.5 Å². The van der Waals surface area contributed by atoms with E-state index in [2.05, 4.69) is 6.08 Å². The maximum Gasteiger partial charge on any atom is 0.303 e. The summed E-state index contributed by atoms with van der Waals surface area (Å²) in [5.74, 6) is -1.62. The van der Waals surface area contributed by atoms with Crippen molar-refractivity contribution < 1.29 is 18.7 Å². The Hall–Kier alpha value is -0.930. The highest BCUT2D eigenvalue weighted by atomic mass is 19.3. The molecule has 2 rings (SSSR count). The first kappa shape index (κ1) is 10.6. The number of carboxylic acids is 1. The number of halogens is 2. The molecule has 4 atom stereocenters. The molecule has 2 aliphatic carbocycles. The van der Waals surface area contributed by atoms with Gasteiger partial charge in [0.05, 0.1) is 6.42 Å². The quantitative estimate of drug-likeness (QED) is 0.733. The van der Waals surface area contributed by atoms with Crippen molar-refractivity contribution in [1.82, 2.24) is 0 Å². The number of hydrogen-bond donors (Lipinski definition) is 1. The lowest BCUT2D eigenvalue weighted by Crippen LogP contribution is -2.27. The van der Waals surface area contributed by atoms with Crippen molar-refractivity contribution in [2.24, 2.45) is 23.7 Å². The predicted molar refractivity (Wildman–Crippen MR) is 50.6 cm³/mol. The monoisotopic (exact) mass is 216 g/mol. The Morgan fingerprint density at radius 1 is 1.40 bits per heavy atom. The highest BCUT2D eigenvalue weighted by molar-refractivity contribution is 5.67. The van der Waals surface area contributed by atoms with Gasteiger partial charge in [0.25, 0.3) is 0 Å². The van der Waals surface area contributed by atoms with E-state index < -0.39 is 24.7 Å². The van der Waals surface area contributed by atoms with Gasteiger partial charge in [-0.2, -0.15) is 0 Å². The normalized spacial score (nSPS) is 35.0. The Bertz CT molecular complexity index is 288. The zero-order chi connectivity index (χ0) is 11.0. The summed E-state index contributed by atoms with van der Waals surface area (Å²) in [6, 6.07) is 0. The number of allylic oxidation sites excluding steroid dienone is 2. The van der Waals surface area contributed by atoms with Gasteiger partial charge >= 0.3 is 5.97 Å². The Balaban J connectivity index is 2.05. The van der Waals surface area contributed by atoms with Gasteiger partial charge in [-0.25, -0.2) is 8.78 Å². The summed E-state index contributed by atoms with van der Waals surface area (Å²) in [7, 11) is 0. The maximum absolute atomic E-state index is 12.7. The summed E-state index contributed by atoms with van der Waals surface area (Å²) < 4.78 is 25.5. The van der Waals surface area contributed by atoms with Gasteiger partial charge in [-0.15, -0.1) is 0 Å². The molecule has 0 aromatic rings. The number of fused-ring (bicyclic) bond motifs is 2. The molecular formula is C11H14F2O2. The molecule has 1 N–H and O–H groups in total. The van der Waals surface area contributed by atoms with E-state index >= 15 is 0 Å². The van der Waals surface area contributed by atoms with E-state index in [0.29, 0.717) is 5.92 Å². The molecule has 15 heavy (non-hydrogen) atoms. The smallest absolute Gasteiger partial charge is 0.303 e. The molecule has 0 amide bonds. The van der Waals surface area contributed by atoms with Crippen LogP contribution in [0.25, 0.3) is 0 Å². The molecule has 2 bridgehead atoms. The Kier molecular flexibility index (Phi) is 2.76. The minimum Gasteiger partial charge on any atom is -0.481 e. The molecule has 0 aromatic heterocycles. The van der Waals surface area contributed by atoms with Crippen molar-refractivity contribution in [2.45, 2.75) is 25.7 Å². The van der Waals surface area contributed by atoms with Gasteiger partial charge in [0.15, 0.2) is 0 Å². The van der Waals surface area contributed by atoms with Crippen molar-refractivity contribution in [3.8, 4) is 0 Å². The maximum atomic E-state index is 12.7. The van der Waals surface area contributed by atoms with Crippen LogP contribution in [0.2, 0.25) is 0 Å². The lowest BCUT2D eigenvalue weighted by Gasteiger charge is -2.26. The van der Waals surface area contributed by atoms with E-state index in [9.17, 15) is 13.6 Å². The Morgan fingerprint density at radius 2 is 2.13 bits per heavy atom. The third kappa shape index (κ3) is 2.03. The first-order valence-corrected chi connectivity index (χ1v) is 5.26. The summed E-state index contributed by atoms with van der Waals surface area (Å²) in [4.78, 5) is 10.5.